The molecule has 0 atom stereocenters. The van der Waals surface area contributed by atoms with Crippen LogP contribution in [-0.2, 0) is 0 Å². The van der Waals surface area contributed by atoms with Crippen molar-refractivity contribution < 1.29 is 14.7 Å². The predicted molar refractivity (Wildman–Crippen MR) is 151 cm³/mol. The molecule has 3 aromatic carbocycles. The molecule has 39 heavy (non-hydrogen) atoms. The van der Waals surface area contributed by atoms with Gasteiger partial charge < -0.3 is 25.6 Å². The molecule has 0 radical (unpaired) electrons. The van der Waals surface area contributed by atoms with Gasteiger partial charge in [-0.3, -0.25) is 9.59 Å². The smallest absolute Gasteiger partial charge is 0.265 e. The zero-order valence-corrected chi connectivity index (χ0v) is 21.2. The largest absolute Gasteiger partial charge is 0.393 e. The third kappa shape index (κ3) is 4.87. The summed E-state index contributed by atoms with van der Waals surface area (Å²) in [5.41, 5.74) is 10.8. The topological polar surface area (TPSA) is 118 Å². The number of fused-ring (bicyclic) bond motifs is 1. The van der Waals surface area contributed by atoms with E-state index in [2.05, 4.69) is 15.3 Å². The molecule has 0 saturated carbocycles. The monoisotopic (exact) mass is 520 g/mol. The van der Waals surface area contributed by atoms with Crippen molar-refractivity contribution in [3.8, 4) is 11.4 Å². The van der Waals surface area contributed by atoms with E-state index in [9.17, 15) is 14.7 Å². The van der Waals surface area contributed by atoms with E-state index < -0.39 is 5.91 Å². The van der Waals surface area contributed by atoms with Crippen LogP contribution in [0.15, 0.2) is 91.3 Å². The number of aliphatic hydroxyl groups excluding tert-OH is 1. The average molecular weight is 521 g/mol. The maximum Gasteiger partial charge on any atom is 0.265 e. The van der Waals surface area contributed by atoms with Crippen molar-refractivity contribution in [3.63, 3.8) is 0 Å². The van der Waals surface area contributed by atoms with Gasteiger partial charge >= 0.3 is 0 Å². The second-order valence-corrected chi connectivity index (χ2v) is 9.69. The van der Waals surface area contributed by atoms with E-state index in [1.807, 2.05) is 71.4 Å². The first-order valence-corrected chi connectivity index (χ1v) is 12.9. The van der Waals surface area contributed by atoms with Gasteiger partial charge in [-0.05, 0) is 91.7 Å². The normalized spacial score (nSPS) is 14.0. The van der Waals surface area contributed by atoms with Gasteiger partial charge in [0, 0.05) is 47.3 Å². The molecule has 1 saturated heterocycles. The number of aliphatic hydroxyl groups is 1. The zero-order valence-electron chi connectivity index (χ0n) is 21.2. The first-order valence-electron chi connectivity index (χ1n) is 12.9. The minimum Gasteiger partial charge on any atom is -0.393 e. The highest BCUT2D eigenvalue weighted by molar-refractivity contribution is 6.05. The van der Waals surface area contributed by atoms with Crippen LogP contribution in [0.1, 0.15) is 33.7 Å². The van der Waals surface area contributed by atoms with Crippen molar-refractivity contribution >= 4 is 34.1 Å². The fourth-order valence-electron chi connectivity index (χ4n) is 5.03. The SMILES string of the molecule is NC(=O)c1cccn1-c1ccc(-n2ncc3cc(NC(=O)c4ccc(N5CCC(O)CC5)cc4)ccc32)cc1. The molecule has 1 aliphatic rings. The minimum absolute atomic E-state index is 0.182. The summed E-state index contributed by atoms with van der Waals surface area (Å²) in [5.74, 6) is -0.667. The number of nitrogens with zero attached hydrogens (tertiary/aromatic N) is 4. The molecule has 9 nitrogen and oxygen atoms in total. The molecule has 4 N–H and O–H groups in total. The van der Waals surface area contributed by atoms with E-state index in [0.717, 1.165) is 53.9 Å². The first-order chi connectivity index (χ1) is 19.0. The van der Waals surface area contributed by atoms with Gasteiger partial charge in [-0.2, -0.15) is 5.10 Å². The molecular formula is C30H28N6O3. The van der Waals surface area contributed by atoms with Crippen LogP contribution in [0.5, 0.6) is 0 Å². The molecule has 2 amide bonds. The molecule has 9 heteroatoms. The number of hydrogen-bond acceptors (Lipinski definition) is 5. The van der Waals surface area contributed by atoms with Gasteiger partial charge in [-0.25, -0.2) is 4.68 Å². The summed E-state index contributed by atoms with van der Waals surface area (Å²) in [4.78, 5) is 26.8. The number of nitrogens with one attached hydrogen (secondary N) is 1. The van der Waals surface area contributed by atoms with Crippen molar-refractivity contribution in [2.45, 2.75) is 18.9 Å². The molecule has 0 bridgehead atoms. The Hall–Kier alpha value is -4.89. The van der Waals surface area contributed by atoms with Crippen molar-refractivity contribution in [1.29, 1.82) is 0 Å². The van der Waals surface area contributed by atoms with Crippen LogP contribution in [0.25, 0.3) is 22.3 Å². The lowest BCUT2D eigenvalue weighted by atomic mass is 10.1. The molecule has 2 aromatic heterocycles. The fourth-order valence-corrected chi connectivity index (χ4v) is 5.03. The van der Waals surface area contributed by atoms with Crippen molar-refractivity contribution in [3.05, 3.63) is 103 Å². The molecule has 6 rings (SSSR count). The molecule has 3 heterocycles. The number of carbonyl (C=O) groups excluding carboxylic acids is 2. The number of nitrogens with two attached hydrogens (primary N) is 1. The van der Waals surface area contributed by atoms with Crippen molar-refractivity contribution in [2.24, 2.45) is 5.73 Å². The van der Waals surface area contributed by atoms with Crippen LogP contribution in [0.4, 0.5) is 11.4 Å². The highest BCUT2D eigenvalue weighted by Gasteiger charge is 2.18. The number of benzene rings is 3. The Labute approximate surface area is 225 Å². The Morgan fingerprint density at radius 1 is 0.897 bits per heavy atom. The highest BCUT2D eigenvalue weighted by atomic mass is 16.3. The second kappa shape index (κ2) is 10.1. The molecular weight excluding hydrogens is 492 g/mol. The molecule has 0 spiro atoms. The molecule has 5 aromatic rings. The lowest BCUT2D eigenvalue weighted by Crippen LogP contribution is -2.35. The van der Waals surface area contributed by atoms with Crippen LogP contribution in [0, 0.1) is 0 Å². The summed E-state index contributed by atoms with van der Waals surface area (Å²) in [6.07, 6.45) is 4.87. The number of piperidine rings is 1. The number of carbonyl (C=O) groups is 2. The Morgan fingerprint density at radius 2 is 1.59 bits per heavy atom. The van der Waals surface area contributed by atoms with Crippen LogP contribution in [0.2, 0.25) is 0 Å². The summed E-state index contributed by atoms with van der Waals surface area (Å²) in [6, 6.07) is 24.4. The number of primary amides is 1. The fraction of sp³-hybridized carbons (Fsp3) is 0.167. The molecule has 0 aliphatic carbocycles. The molecule has 0 unspecified atom stereocenters. The molecule has 1 aliphatic heterocycles. The summed E-state index contributed by atoms with van der Waals surface area (Å²) < 4.78 is 3.57. The van der Waals surface area contributed by atoms with Gasteiger partial charge in [0.2, 0.25) is 0 Å². The highest BCUT2D eigenvalue weighted by Crippen LogP contribution is 2.25. The number of anilines is 2. The van der Waals surface area contributed by atoms with Gasteiger partial charge in [0.25, 0.3) is 11.8 Å². The first kappa shape index (κ1) is 24.4. The van der Waals surface area contributed by atoms with Gasteiger partial charge in [-0.1, -0.05) is 0 Å². The quantitative estimate of drug-likeness (QED) is 0.311. The maximum atomic E-state index is 12.9. The van der Waals surface area contributed by atoms with Crippen molar-refractivity contribution in [2.75, 3.05) is 23.3 Å². The molecule has 196 valence electrons. The summed E-state index contributed by atoms with van der Waals surface area (Å²) in [5, 5.41) is 18.1. The number of hydrogen-bond donors (Lipinski definition) is 3. The zero-order chi connectivity index (χ0) is 26.9. The van der Waals surface area contributed by atoms with Crippen LogP contribution < -0.4 is 16.0 Å². The lowest BCUT2D eigenvalue weighted by Gasteiger charge is -2.31. The van der Waals surface area contributed by atoms with Gasteiger partial charge in [0.05, 0.1) is 23.5 Å². The van der Waals surface area contributed by atoms with E-state index in [1.54, 1.807) is 29.1 Å². The number of rotatable bonds is 6. The Kier molecular flexibility index (Phi) is 6.34. The van der Waals surface area contributed by atoms with Crippen LogP contribution >= 0.6 is 0 Å². The second-order valence-electron chi connectivity index (χ2n) is 9.69. The van der Waals surface area contributed by atoms with Crippen LogP contribution in [-0.4, -0.2) is 50.5 Å². The summed E-state index contributed by atoms with van der Waals surface area (Å²) >= 11 is 0. The number of amides is 2. The lowest BCUT2D eigenvalue weighted by molar-refractivity contribution is 0.0991. The minimum atomic E-state index is -0.485. The Morgan fingerprint density at radius 3 is 2.31 bits per heavy atom. The maximum absolute atomic E-state index is 12.9. The van der Waals surface area contributed by atoms with E-state index in [0.29, 0.717) is 16.9 Å². The predicted octanol–water partition coefficient (Wildman–Crippen LogP) is 4.13. The van der Waals surface area contributed by atoms with E-state index in [4.69, 9.17) is 5.73 Å². The van der Waals surface area contributed by atoms with E-state index in [-0.39, 0.29) is 12.0 Å². The third-order valence-electron chi connectivity index (χ3n) is 7.16. The Bertz CT molecular complexity index is 1640. The van der Waals surface area contributed by atoms with Gasteiger partial charge in [-0.15, -0.1) is 0 Å². The average Bonchev–Trinajstić information content (AvgIpc) is 3.61. The van der Waals surface area contributed by atoms with Gasteiger partial charge in [0.1, 0.15) is 5.69 Å². The third-order valence-corrected chi connectivity index (χ3v) is 7.16. The van der Waals surface area contributed by atoms with Crippen molar-refractivity contribution in [1.82, 2.24) is 14.3 Å². The van der Waals surface area contributed by atoms with E-state index in [1.165, 1.54) is 0 Å². The number of aromatic nitrogens is 3. The summed E-state index contributed by atoms with van der Waals surface area (Å²) in [6.45, 7) is 1.63. The van der Waals surface area contributed by atoms with Gasteiger partial charge in [0.15, 0.2) is 0 Å². The van der Waals surface area contributed by atoms with Crippen LogP contribution in [0.3, 0.4) is 0 Å². The standard InChI is InChI=1S/C30H28N6O3/c31-29(38)28-2-1-15-35(28)24-8-10-25(11-9-24)36-27-12-5-22(18-21(27)19-32-36)33-30(39)20-3-6-23(7-4-20)34-16-13-26(37)14-17-34/h1-12,15,18-19,26,37H,13-14,16-17H2,(H2,31,38)(H,33,39). The summed E-state index contributed by atoms with van der Waals surface area (Å²) in [7, 11) is 0. The molecule has 1 fully saturated rings. The Balaban J connectivity index is 1.16. The van der Waals surface area contributed by atoms with E-state index >= 15 is 0 Å².